The van der Waals surface area contributed by atoms with Gasteiger partial charge < -0.3 is 20.8 Å². The number of amides is 2. The predicted octanol–water partition coefficient (Wildman–Crippen LogP) is 0.691. The Bertz CT molecular complexity index is 419. The fourth-order valence-electron chi connectivity index (χ4n) is 1.34. The zero-order chi connectivity index (χ0) is 13.5. The molecule has 0 aliphatic rings. The molecule has 0 spiro atoms. The van der Waals surface area contributed by atoms with Gasteiger partial charge in [0.25, 0.3) is 0 Å². The SMILES string of the molecule is Cc1ccsc1CNC(=O)N[C@H](CCO)C(=O)O. The molecule has 4 N–H and O–H groups in total. The van der Waals surface area contributed by atoms with Gasteiger partial charge in [-0.05, 0) is 23.9 Å². The molecule has 1 atom stereocenters. The van der Waals surface area contributed by atoms with Gasteiger partial charge in [-0.2, -0.15) is 0 Å². The minimum absolute atomic E-state index is 0.0131. The van der Waals surface area contributed by atoms with E-state index in [1.54, 1.807) is 0 Å². The summed E-state index contributed by atoms with van der Waals surface area (Å²) in [6.07, 6.45) is -0.0131. The molecule has 0 unspecified atom stereocenters. The average Bonchev–Trinajstić information content (AvgIpc) is 2.71. The first kappa shape index (κ1) is 14.5. The highest BCUT2D eigenvalue weighted by Crippen LogP contribution is 2.14. The molecule has 0 radical (unpaired) electrons. The Hall–Kier alpha value is -1.60. The monoisotopic (exact) mass is 272 g/mol. The molecular formula is C11H16N2O4S. The van der Waals surface area contributed by atoms with Crippen molar-refractivity contribution < 1.29 is 19.8 Å². The van der Waals surface area contributed by atoms with Gasteiger partial charge in [0.2, 0.25) is 0 Å². The Morgan fingerprint density at radius 3 is 2.72 bits per heavy atom. The van der Waals surface area contributed by atoms with Gasteiger partial charge >= 0.3 is 12.0 Å². The smallest absolute Gasteiger partial charge is 0.326 e. The number of carboxylic acid groups (broad SMARTS) is 1. The minimum Gasteiger partial charge on any atom is -0.480 e. The van der Waals surface area contributed by atoms with Crippen LogP contribution >= 0.6 is 11.3 Å². The van der Waals surface area contributed by atoms with Crippen molar-refractivity contribution in [2.24, 2.45) is 0 Å². The van der Waals surface area contributed by atoms with Crippen LogP contribution in [0.4, 0.5) is 4.79 Å². The van der Waals surface area contributed by atoms with Crippen LogP contribution in [0.25, 0.3) is 0 Å². The number of aryl methyl sites for hydroxylation is 1. The van der Waals surface area contributed by atoms with E-state index in [-0.39, 0.29) is 13.0 Å². The third-order valence-electron chi connectivity index (χ3n) is 2.40. The molecule has 1 aromatic heterocycles. The number of carbonyl (C=O) groups is 2. The van der Waals surface area contributed by atoms with E-state index in [0.717, 1.165) is 10.4 Å². The van der Waals surface area contributed by atoms with Crippen LogP contribution < -0.4 is 10.6 Å². The lowest BCUT2D eigenvalue weighted by Crippen LogP contribution is -2.46. The number of carboxylic acids is 1. The maximum absolute atomic E-state index is 11.5. The average molecular weight is 272 g/mol. The summed E-state index contributed by atoms with van der Waals surface area (Å²) in [6.45, 7) is 2.01. The second-order valence-electron chi connectivity index (χ2n) is 3.76. The van der Waals surface area contributed by atoms with E-state index < -0.39 is 18.0 Å². The second-order valence-corrected chi connectivity index (χ2v) is 4.76. The summed E-state index contributed by atoms with van der Waals surface area (Å²) in [5, 5.41) is 24.3. The van der Waals surface area contributed by atoms with Gasteiger partial charge in [0.05, 0.1) is 6.54 Å². The largest absolute Gasteiger partial charge is 0.480 e. The zero-order valence-corrected chi connectivity index (χ0v) is 10.8. The molecule has 1 rings (SSSR count). The van der Waals surface area contributed by atoms with Crippen molar-refractivity contribution in [3.63, 3.8) is 0 Å². The normalized spacial score (nSPS) is 11.9. The van der Waals surface area contributed by atoms with E-state index in [0.29, 0.717) is 6.54 Å². The standard InChI is InChI=1S/C11H16N2O4S/c1-7-3-5-18-9(7)6-12-11(17)13-8(2-4-14)10(15)16/h3,5,8,14H,2,4,6H2,1H3,(H,15,16)(H2,12,13,17)/t8-/m1/s1. The Balaban J connectivity index is 2.41. The molecule has 18 heavy (non-hydrogen) atoms. The molecule has 0 aliphatic carbocycles. The van der Waals surface area contributed by atoms with E-state index in [1.807, 2.05) is 18.4 Å². The van der Waals surface area contributed by atoms with Crippen molar-refractivity contribution in [3.05, 3.63) is 21.9 Å². The number of rotatable bonds is 6. The summed E-state index contributed by atoms with van der Waals surface area (Å²) in [4.78, 5) is 23.3. The molecule has 1 heterocycles. The molecule has 2 amide bonds. The third-order valence-corrected chi connectivity index (χ3v) is 3.42. The van der Waals surface area contributed by atoms with Gasteiger partial charge in [-0.3, -0.25) is 0 Å². The van der Waals surface area contributed by atoms with Crippen LogP contribution in [0.2, 0.25) is 0 Å². The molecule has 0 saturated carbocycles. The van der Waals surface area contributed by atoms with Gasteiger partial charge in [0.15, 0.2) is 0 Å². The summed E-state index contributed by atoms with van der Waals surface area (Å²) in [5.74, 6) is -1.16. The zero-order valence-electron chi connectivity index (χ0n) is 9.97. The van der Waals surface area contributed by atoms with Crippen molar-refractivity contribution in [2.45, 2.75) is 25.9 Å². The molecule has 0 bridgehead atoms. The fourth-order valence-corrected chi connectivity index (χ4v) is 2.19. The van der Waals surface area contributed by atoms with Crippen LogP contribution in [-0.2, 0) is 11.3 Å². The van der Waals surface area contributed by atoms with E-state index in [1.165, 1.54) is 11.3 Å². The Kier molecular flexibility index (Phi) is 5.60. The molecule has 1 aromatic rings. The number of hydrogen-bond donors (Lipinski definition) is 4. The highest BCUT2D eigenvalue weighted by molar-refractivity contribution is 7.10. The van der Waals surface area contributed by atoms with Crippen LogP contribution in [0.15, 0.2) is 11.4 Å². The topological polar surface area (TPSA) is 98.7 Å². The first-order valence-electron chi connectivity index (χ1n) is 5.45. The highest BCUT2D eigenvalue weighted by Gasteiger charge is 2.18. The van der Waals surface area contributed by atoms with Crippen molar-refractivity contribution in [3.8, 4) is 0 Å². The molecule has 0 fully saturated rings. The number of aliphatic carboxylic acids is 1. The maximum atomic E-state index is 11.5. The number of thiophene rings is 1. The van der Waals surface area contributed by atoms with Crippen LogP contribution in [0.1, 0.15) is 16.9 Å². The highest BCUT2D eigenvalue weighted by atomic mass is 32.1. The van der Waals surface area contributed by atoms with Gasteiger partial charge in [-0.1, -0.05) is 0 Å². The van der Waals surface area contributed by atoms with Crippen molar-refractivity contribution in [1.29, 1.82) is 0 Å². The molecule has 100 valence electrons. The minimum atomic E-state index is -1.16. The predicted molar refractivity (Wildman–Crippen MR) is 67.6 cm³/mol. The van der Waals surface area contributed by atoms with E-state index in [2.05, 4.69) is 10.6 Å². The number of hydrogen-bond acceptors (Lipinski definition) is 4. The molecule has 7 heteroatoms. The van der Waals surface area contributed by atoms with Crippen molar-refractivity contribution in [1.82, 2.24) is 10.6 Å². The van der Waals surface area contributed by atoms with Crippen LogP contribution in [0, 0.1) is 6.92 Å². The number of aliphatic hydroxyl groups excluding tert-OH is 1. The number of urea groups is 1. The van der Waals surface area contributed by atoms with Gasteiger partial charge in [-0.15, -0.1) is 11.3 Å². The van der Waals surface area contributed by atoms with E-state index >= 15 is 0 Å². The first-order valence-corrected chi connectivity index (χ1v) is 6.33. The fraction of sp³-hybridized carbons (Fsp3) is 0.455. The van der Waals surface area contributed by atoms with Crippen molar-refractivity contribution in [2.75, 3.05) is 6.61 Å². The molecule has 0 saturated heterocycles. The summed E-state index contributed by atoms with van der Waals surface area (Å²) < 4.78 is 0. The van der Waals surface area contributed by atoms with Crippen LogP contribution in [0.5, 0.6) is 0 Å². The van der Waals surface area contributed by atoms with E-state index in [4.69, 9.17) is 10.2 Å². The van der Waals surface area contributed by atoms with Gasteiger partial charge in [0.1, 0.15) is 6.04 Å². The van der Waals surface area contributed by atoms with E-state index in [9.17, 15) is 9.59 Å². The van der Waals surface area contributed by atoms with Crippen LogP contribution in [-0.4, -0.2) is 34.9 Å². The van der Waals surface area contributed by atoms with Crippen LogP contribution in [0.3, 0.4) is 0 Å². The summed E-state index contributed by atoms with van der Waals surface area (Å²) in [5.41, 5.74) is 1.09. The molecule has 0 aromatic carbocycles. The molecule has 0 aliphatic heterocycles. The summed E-state index contributed by atoms with van der Waals surface area (Å²) in [7, 11) is 0. The third kappa shape index (κ3) is 4.34. The molecular weight excluding hydrogens is 256 g/mol. The van der Waals surface area contributed by atoms with Gasteiger partial charge in [-0.25, -0.2) is 9.59 Å². The maximum Gasteiger partial charge on any atom is 0.326 e. The summed E-state index contributed by atoms with van der Waals surface area (Å²) >= 11 is 1.53. The lowest BCUT2D eigenvalue weighted by Gasteiger charge is -2.13. The Labute approximate surface area is 109 Å². The Morgan fingerprint density at radius 2 is 2.22 bits per heavy atom. The van der Waals surface area contributed by atoms with Crippen molar-refractivity contribution >= 4 is 23.3 Å². The lowest BCUT2D eigenvalue weighted by atomic mass is 10.2. The second kappa shape index (κ2) is 6.97. The summed E-state index contributed by atoms with van der Waals surface area (Å²) in [6, 6.07) is 0.328. The Morgan fingerprint density at radius 1 is 1.50 bits per heavy atom. The number of aliphatic hydroxyl groups is 1. The quantitative estimate of drug-likeness (QED) is 0.612. The lowest BCUT2D eigenvalue weighted by molar-refractivity contribution is -0.139. The number of nitrogens with one attached hydrogen (secondary N) is 2. The van der Waals surface area contributed by atoms with Gasteiger partial charge in [0, 0.05) is 17.9 Å². The molecule has 6 nitrogen and oxygen atoms in total. The number of carbonyl (C=O) groups excluding carboxylic acids is 1. The first-order chi connectivity index (χ1) is 8.54.